The number of ketones is 1. The zero-order chi connectivity index (χ0) is 23.7. The molecule has 3 rings (SSSR count). The predicted octanol–water partition coefficient (Wildman–Crippen LogP) is 1.69. The third-order valence-electron chi connectivity index (χ3n) is 5.06. The van der Waals surface area contributed by atoms with E-state index < -0.39 is 38.4 Å². The average molecular weight is 481 g/mol. The van der Waals surface area contributed by atoms with Crippen molar-refractivity contribution in [3.8, 4) is 0 Å². The molecule has 0 aromatic heterocycles. The van der Waals surface area contributed by atoms with Crippen LogP contribution in [0.1, 0.15) is 32.7 Å². The van der Waals surface area contributed by atoms with Crippen LogP contribution in [0.3, 0.4) is 0 Å². The maximum absolute atomic E-state index is 12.5. The molecule has 1 heterocycles. The van der Waals surface area contributed by atoms with Crippen LogP contribution in [0.5, 0.6) is 0 Å². The fourth-order valence-electron chi connectivity index (χ4n) is 3.37. The maximum Gasteiger partial charge on any atom is 0.338 e. The topological polar surface area (TPSA) is 118 Å². The molecule has 2 aromatic rings. The Labute approximate surface area is 187 Å². The quantitative estimate of drug-likeness (QED) is 0.437. The minimum Gasteiger partial charge on any atom is -0.454 e. The minimum atomic E-state index is -3.72. The van der Waals surface area contributed by atoms with Gasteiger partial charge in [-0.1, -0.05) is 6.07 Å². The first-order chi connectivity index (χ1) is 14.9. The van der Waals surface area contributed by atoms with Crippen molar-refractivity contribution < 1.29 is 31.2 Å². The van der Waals surface area contributed by atoms with E-state index in [4.69, 9.17) is 4.74 Å². The molecule has 0 unspecified atom stereocenters. The van der Waals surface area contributed by atoms with Crippen molar-refractivity contribution in [2.45, 2.75) is 17.7 Å². The van der Waals surface area contributed by atoms with Gasteiger partial charge in [0.1, 0.15) is 0 Å². The van der Waals surface area contributed by atoms with Gasteiger partial charge < -0.3 is 4.74 Å². The number of carbonyl (C=O) groups excluding carboxylic acids is 2. The first-order valence-electron chi connectivity index (χ1n) is 9.75. The SMILES string of the molecule is CN(C)S(=O)(=O)c1cccc(C(=O)OCC(=O)c2ccc3c(c2)CCCN3S(C)(=O)=O)c1. The van der Waals surface area contributed by atoms with E-state index in [2.05, 4.69) is 0 Å². The van der Waals surface area contributed by atoms with Crippen molar-refractivity contribution >= 4 is 37.5 Å². The second-order valence-corrected chi connectivity index (χ2v) is 11.7. The average Bonchev–Trinajstić information content (AvgIpc) is 2.75. The Kier molecular flexibility index (Phi) is 6.72. The summed E-state index contributed by atoms with van der Waals surface area (Å²) in [6.45, 7) is -0.141. The van der Waals surface area contributed by atoms with E-state index in [1.165, 1.54) is 48.7 Å². The molecule has 0 spiro atoms. The van der Waals surface area contributed by atoms with Gasteiger partial charge in [0, 0.05) is 26.2 Å². The normalized spacial score (nSPS) is 14.2. The van der Waals surface area contributed by atoms with Crippen molar-refractivity contribution in [1.82, 2.24) is 4.31 Å². The number of benzene rings is 2. The highest BCUT2D eigenvalue weighted by Crippen LogP contribution is 2.30. The van der Waals surface area contributed by atoms with E-state index >= 15 is 0 Å². The van der Waals surface area contributed by atoms with Gasteiger partial charge in [-0.2, -0.15) is 0 Å². The first kappa shape index (κ1) is 23.9. The molecule has 0 amide bonds. The Morgan fingerprint density at radius 1 is 1.03 bits per heavy atom. The second kappa shape index (κ2) is 9.00. The number of ether oxygens (including phenoxy) is 1. The van der Waals surface area contributed by atoms with Crippen LogP contribution in [0.15, 0.2) is 47.4 Å². The summed E-state index contributed by atoms with van der Waals surface area (Å²) in [6, 6.07) is 10.1. The van der Waals surface area contributed by atoms with Crippen LogP contribution in [-0.4, -0.2) is 66.4 Å². The van der Waals surface area contributed by atoms with Crippen molar-refractivity contribution in [1.29, 1.82) is 0 Å². The van der Waals surface area contributed by atoms with Crippen LogP contribution in [-0.2, 0) is 31.2 Å². The van der Waals surface area contributed by atoms with Gasteiger partial charge in [0.05, 0.1) is 22.4 Å². The van der Waals surface area contributed by atoms with E-state index in [1.807, 2.05) is 0 Å². The Morgan fingerprint density at radius 3 is 2.41 bits per heavy atom. The number of hydrogen-bond donors (Lipinski definition) is 0. The highest BCUT2D eigenvalue weighted by molar-refractivity contribution is 7.92. The third kappa shape index (κ3) is 5.00. The molecule has 172 valence electrons. The molecule has 2 aromatic carbocycles. The number of sulfonamides is 2. The molecular formula is C21H24N2O7S2. The smallest absolute Gasteiger partial charge is 0.338 e. The monoisotopic (exact) mass is 480 g/mol. The first-order valence-corrected chi connectivity index (χ1v) is 13.0. The van der Waals surface area contributed by atoms with Crippen molar-refractivity contribution in [2.75, 3.05) is 37.8 Å². The van der Waals surface area contributed by atoms with Gasteiger partial charge in [-0.25, -0.2) is 25.9 Å². The molecule has 0 fully saturated rings. The molecule has 0 saturated carbocycles. The van der Waals surface area contributed by atoms with E-state index in [-0.39, 0.29) is 10.5 Å². The largest absolute Gasteiger partial charge is 0.454 e. The van der Waals surface area contributed by atoms with E-state index in [0.717, 1.165) is 16.1 Å². The van der Waals surface area contributed by atoms with Gasteiger partial charge in [-0.3, -0.25) is 9.10 Å². The summed E-state index contributed by atoms with van der Waals surface area (Å²) in [5.41, 5.74) is 1.59. The molecule has 0 saturated heterocycles. The zero-order valence-electron chi connectivity index (χ0n) is 17.9. The van der Waals surface area contributed by atoms with Crippen molar-refractivity contribution in [2.24, 2.45) is 0 Å². The number of fused-ring (bicyclic) bond motifs is 1. The summed E-state index contributed by atoms with van der Waals surface area (Å²) in [5, 5.41) is 0. The summed E-state index contributed by atoms with van der Waals surface area (Å²) >= 11 is 0. The summed E-state index contributed by atoms with van der Waals surface area (Å²) in [4.78, 5) is 24.8. The number of esters is 1. The molecule has 11 heteroatoms. The molecule has 0 bridgehead atoms. The summed E-state index contributed by atoms with van der Waals surface area (Å²) in [5.74, 6) is -1.27. The molecule has 1 aliphatic heterocycles. The number of nitrogens with zero attached hydrogens (tertiary/aromatic N) is 2. The molecule has 32 heavy (non-hydrogen) atoms. The molecule has 0 N–H and O–H groups in total. The van der Waals surface area contributed by atoms with Crippen LogP contribution >= 0.6 is 0 Å². The number of Topliss-reactive ketones (excluding diaryl/α,β-unsaturated/α-hetero) is 1. The molecular weight excluding hydrogens is 456 g/mol. The van der Waals surface area contributed by atoms with Gasteiger partial charge in [-0.15, -0.1) is 0 Å². The number of carbonyl (C=O) groups is 2. The Bertz CT molecular complexity index is 1270. The standard InChI is InChI=1S/C21H24N2O7S2/c1-22(2)32(28,29)18-8-4-6-17(13-18)21(25)30-14-20(24)16-9-10-19-15(12-16)7-5-11-23(19)31(3,26)27/h4,6,8-10,12-13H,5,7,11,14H2,1-3H3. The Hall–Kier alpha value is -2.76. The fraction of sp³-hybridized carbons (Fsp3) is 0.333. The number of aryl methyl sites for hydroxylation is 1. The van der Waals surface area contributed by atoms with Gasteiger partial charge in [0.15, 0.2) is 12.4 Å². The molecule has 0 radical (unpaired) electrons. The van der Waals surface area contributed by atoms with Crippen LogP contribution in [0.4, 0.5) is 5.69 Å². The van der Waals surface area contributed by atoms with Gasteiger partial charge >= 0.3 is 5.97 Å². The van der Waals surface area contributed by atoms with Gasteiger partial charge in [-0.05, 0) is 54.8 Å². The van der Waals surface area contributed by atoms with Gasteiger partial charge in [0.25, 0.3) is 0 Å². The molecule has 0 aliphatic carbocycles. The second-order valence-electron chi connectivity index (χ2n) is 7.60. The minimum absolute atomic E-state index is 0.00922. The molecule has 0 atom stereocenters. The van der Waals surface area contributed by atoms with E-state index in [9.17, 15) is 26.4 Å². The zero-order valence-corrected chi connectivity index (χ0v) is 19.6. The van der Waals surface area contributed by atoms with Crippen LogP contribution in [0, 0.1) is 0 Å². The highest BCUT2D eigenvalue weighted by Gasteiger charge is 2.25. The highest BCUT2D eigenvalue weighted by atomic mass is 32.2. The van der Waals surface area contributed by atoms with Crippen molar-refractivity contribution in [3.63, 3.8) is 0 Å². The lowest BCUT2D eigenvalue weighted by Crippen LogP contribution is -2.34. The lowest BCUT2D eigenvalue weighted by atomic mass is 9.99. The van der Waals surface area contributed by atoms with Crippen molar-refractivity contribution in [3.05, 3.63) is 59.2 Å². The fourth-order valence-corrected chi connectivity index (χ4v) is 5.32. The molecule has 9 nitrogen and oxygen atoms in total. The Balaban J connectivity index is 1.72. The maximum atomic E-state index is 12.5. The number of hydrogen-bond acceptors (Lipinski definition) is 7. The van der Waals surface area contributed by atoms with E-state index in [1.54, 1.807) is 12.1 Å². The van der Waals surface area contributed by atoms with Crippen LogP contribution in [0.2, 0.25) is 0 Å². The number of rotatable bonds is 7. The summed E-state index contributed by atoms with van der Waals surface area (Å²) < 4.78 is 55.8. The predicted molar refractivity (Wildman–Crippen MR) is 119 cm³/mol. The lowest BCUT2D eigenvalue weighted by molar-refractivity contribution is 0.0474. The summed E-state index contributed by atoms with van der Waals surface area (Å²) in [7, 11) is -4.37. The lowest BCUT2D eigenvalue weighted by Gasteiger charge is -2.29. The Morgan fingerprint density at radius 2 is 1.75 bits per heavy atom. The third-order valence-corrected chi connectivity index (χ3v) is 8.05. The molecule has 1 aliphatic rings. The van der Waals surface area contributed by atoms with Crippen LogP contribution < -0.4 is 4.31 Å². The number of anilines is 1. The van der Waals surface area contributed by atoms with Gasteiger partial charge in [0.2, 0.25) is 20.0 Å². The summed E-state index contributed by atoms with van der Waals surface area (Å²) in [6.07, 6.45) is 2.41. The van der Waals surface area contributed by atoms with E-state index in [0.29, 0.717) is 30.6 Å². The van der Waals surface area contributed by atoms with Crippen LogP contribution in [0.25, 0.3) is 0 Å².